The van der Waals surface area contributed by atoms with Crippen LogP contribution in [0.15, 0.2) is 12.2 Å². The first-order chi connectivity index (χ1) is 9.76. The molecule has 0 N–H and O–H groups in total. The fourth-order valence-corrected chi connectivity index (χ4v) is 2.04. The van der Waals surface area contributed by atoms with Gasteiger partial charge in [-0.05, 0) is 40.7 Å². The number of carbonyl (C=O) groups is 2. The molecule has 0 radical (unpaired) electrons. The molecule has 0 fully saturated rings. The molecule has 1 unspecified atom stereocenters. The highest BCUT2D eigenvalue weighted by molar-refractivity contribution is 7.45. The molecule has 0 aliphatic carbocycles. The van der Waals surface area contributed by atoms with E-state index in [1.807, 2.05) is 0 Å². The van der Waals surface area contributed by atoms with Crippen molar-refractivity contribution in [1.29, 1.82) is 0 Å². The molecule has 120 valence electrons. The van der Waals surface area contributed by atoms with Crippen LogP contribution < -0.4 is 0 Å². The second-order valence-electron chi connectivity index (χ2n) is 4.54. The van der Waals surface area contributed by atoms with E-state index in [9.17, 15) is 14.2 Å². The van der Waals surface area contributed by atoms with Gasteiger partial charge >= 0.3 is 26.1 Å². The lowest BCUT2D eigenvalue weighted by Crippen LogP contribution is -2.25. The maximum atomic E-state index is 12.0. The van der Waals surface area contributed by atoms with Crippen LogP contribution >= 0.6 is 7.80 Å². The van der Waals surface area contributed by atoms with Crippen LogP contribution in [0.25, 0.3) is 0 Å². The summed E-state index contributed by atoms with van der Waals surface area (Å²) in [6.07, 6.45) is 0.458. The highest BCUT2D eigenvalue weighted by Crippen LogP contribution is 2.31. The van der Waals surface area contributed by atoms with Gasteiger partial charge < -0.3 is 18.9 Å². The van der Waals surface area contributed by atoms with Crippen molar-refractivity contribution >= 4 is 20.1 Å². The lowest BCUT2D eigenvalue weighted by Gasteiger charge is -2.13. The van der Waals surface area contributed by atoms with E-state index in [4.69, 9.17) is 18.9 Å². The van der Waals surface area contributed by atoms with Gasteiger partial charge in [0.25, 0.3) is 0 Å². The highest BCUT2D eigenvalue weighted by atomic mass is 31.1. The van der Waals surface area contributed by atoms with Gasteiger partial charge in [-0.1, -0.05) is 10.6 Å². The molecule has 0 rings (SSSR count). The molecule has 0 aliphatic heterocycles. The summed E-state index contributed by atoms with van der Waals surface area (Å²) in [6.45, 7) is 8.27. The SMILES string of the molecule is CC=CC[P+](=O)C(OC(=O)OC(C)C)OC(=O)OC(C)C. The maximum Gasteiger partial charge on any atom is 0.514 e. The molecule has 7 nitrogen and oxygen atoms in total. The van der Waals surface area contributed by atoms with Gasteiger partial charge in [-0.15, -0.1) is 0 Å². The van der Waals surface area contributed by atoms with E-state index in [1.54, 1.807) is 46.8 Å². The van der Waals surface area contributed by atoms with Gasteiger partial charge in [-0.2, -0.15) is 0 Å². The molecule has 1 atom stereocenters. The van der Waals surface area contributed by atoms with Gasteiger partial charge in [-0.3, -0.25) is 0 Å². The summed E-state index contributed by atoms with van der Waals surface area (Å²) in [6, 6.07) is -1.55. The standard InChI is InChI=1S/C13H22O7P/c1-6-7-8-21(16)13(19-11(14)17-9(2)3)20-12(15)18-10(4)5/h6-7,9-10,13H,8H2,1-5H3/q+1. The summed E-state index contributed by atoms with van der Waals surface area (Å²) < 4.78 is 31.0. The summed E-state index contributed by atoms with van der Waals surface area (Å²) in [7, 11) is -2.15. The third-order valence-corrected chi connectivity index (χ3v) is 3.07. The van der Waals surface area contributed by atoms with Crippen LogP contribution in [0, 0.1) is 0 Å². The number of hydrogen-bond acceptors (Lipinski definition) is 7. The molecular formula is C13H22O7P+. The number of allylic oxidation sites excluding steroid dienone is 2. The highest BCUT2D eigenvalue weighted by Gasteiger charge is 2.38. The van der Waals surface area contributed by atoms with Crippen LogP contribution in [0.2, 0.25) is 0 Å². The van der Waals surface area contributed by atoms with Crippen LogP contribution in [0.1, 0.15) is 34.6 Å². The molecule has 0 heterocycles. The van der Waals surface area contributed by atoms with Gasteiger partial charge in [0.05, 0.1) is 12.2 Å². The number of carbonyl (C=O) groups excluding carboxylic acids is 2. The Labute approximate surface area is 125 Å². The van der Waals surface area contributed by atoms with E-state index in [2.05, 4.69) is 0 Å². The topological polar surface area (TPSA) is 88.1 Å². The molecule has 21 heavy (non-hydrogen) atoms. The minimum atomic E-state index is -2.15. The second-order valence-corrected chi connectivity index (χ2v) is 6.17. The average Bonchev–Trinajstić information content (AvgIpc) is 2.32. The molecule has 0 aliphatic rings. The van der Waals surface area contributed by atoms with Gasteiger partial charge in [-0.25, -0.2) is 9.59 Å². The van der Waals surface area contributed by atoms with Crippen molar-refractivity contribution in [2.45, 2.75) is 52.9 Å². The van der Waals surface area contributed by atoms with Crippen LogP contribution in [-0.4, -0.2) is 36.7 Å². The molecule has 0 saturated carbocycles. The third-order valence-electron chi connectivity index (χ3n) is 1.81. The number of hydrogen-bond donors (Lipinski definition) is 0. The maximum absolute atomic E-state index is 12.0. The fraction of sp³-hybridized carbons (Fsp3) is 0.692. The van der Waals surface area contributed by atoms with Gasteiger partial charge in [0.15, 0.2) is 6.16 Å². The average molecular weight is 321 g/mol. The monoisotopic (exact) mass is 321 g/mol. The fourth-order valence-electron chi connectivity index (χ4n) is 1.04. The van der Waals surface area contributed by atoms with Crippen molar-refractivity contribution < 1.29 is 33.1 Å². The van der Waals surface area contributed by atoms with Gasteiger partial charge in [0, 0.05) is 0 Å². The molecule has 0 aromatic heterocycles. The smallest absolute Gasteiger partial charge is 0.431 e. The first kappa shape index (κ1) is 19.4. The Balaban J connectivity index is 4.71. The van der Waals surface area contributed by atoms with Crippen molar-refractivity contribution in [2.75, 3.05) is 6.16 Å². The van der Waals surface area contributed by atoms with Crippen molar-refractivity contribution in [2.24, 2.45) is 0 Å². The van der Waals surface area contributed by atoms with E-state index in [0.29, 0.717) is 0 Å². The van der Waals surface area contributed by atoms with E-state index < -0.39 is 38.4 Å². The van der Waals surface area contributed by atoms with Crippen LogP contribution in [0.5, 0.6) is 0 Å². The molecule has 0 bridgehead atoms. The summed E-state index contributed by atoms with van der Waals surface area (Å²) in [5, 5.41) is 0. The molecular weight excluding hydrogens is 299 g/mol. The summed E-state index contributed by atoms with van der Waals surface area (Å²) in [5.41, 5.74) is 0. The van der Waals surface area contributed by atoms with Crippen molar-refractivity contribution in [3.05, 3.63) is 12.2 Å². The zero-order chi connectivity index (χ0) is 16.4. The first-order valence-electron chi connectivity index (χ1n) is 6.55. The Kier molecular flexibility index (Phi) is 9.37. The molecule has 0 saturated heterocycles. The molecule has 0 aromatic rings. The quantitative estimate of drug-likeness (QED) is 0.305. The number of ether oxygens (including phenoxy) is 4. The van der Waals surface area contributed by atoms with Crippen molar-refractivity contribution in [1.82, 2.24) is 0 Å². The Morgan fingerprint density at radius 3 is 1.71 bits per heavy atom. The van der Waals surface area contributed by atoms with Gasteiger partial charge in [0.2, 0.25) is 0 Å². The lowest BCUT2D eigenvalue weighted by atomic mass is 10.5. The second kappa shape index (κ2) is 10.2. The molecule has 8 heteroatoms. The Morgan fingerprint density at radius 2 is 1.38 bits per heavy atom. The van der Waals surface area contributed by atoms with E-state index in [1.165, 1.54) is 0 Å². The Hall–Kier alpha value is -1.62. The third kappa shape index (κ3) is 9.85. The Bertz CT molecular complexity index is 366. The van der Waals surface area contributed by atoms with Crippen molar-refractivity contribution in [3.63, 3.8) is 0 Å². The predicted octanol–water partition coefficient (Wildman–Crippen LogP) is 3.80. The minimum absolute atomic E-state index is 0.0976. The zero-order valence-electron chi connectivity index (χ0n) is 12.9. The Morgan fingerprint density at radius 1 is 0.952 bits per heavy atom. The lowest BCUT2D eigenvalue weighted by molar-refractivity contribution is -0.0715. The largest absolute Gasteiger partial charge is 0.514 e. The van der Waals surface area contributed by atoms with Gasteiger partial charge in [0.1, 0.15) is 0 Å². The van der Waals surface area contributed by atoms with Crippen LogP contribution in [0.4, 0.5) is 9.59 Å². The summed E-state index contributed by atoms with van der Waals surface area (Å²) in [4.78, 5) is 22.8. The first-order valence-corrected chi connectivity index (χ1v) is 8.07. The normalized spacial score (nSPS) is 11.9. The van der Waals surface area contributed by atoms with Crippen LogP contribution in [-0.2, 0) is 23.5 Å². The van der Waals surface area contributed by atoms with Crippen molar-refractivity contribution in [3.8, 4) is 0 Å². The minimum Gasteiger partial charge on any atom is -0.431 e. The van der Waals surface area contributed by atoms with E-state index >= 15 is 0 Å². The summed E-state index contributed by atoms with van der Waals surface area (Å²) >= 11 is 0. The molecule has 0 spiro atoms. The van der Waals surface area contributed by atoms with E-state index in [-0.39, 0.29) is 6.16 Å². The molecule has 0 aromatic carbocycles. The summed E-state index contributed by atoms with van der Waals surface area (Å²) in [5.74, 6) is 0. The zero-order valence-corrected chi connectivity index (χ0v) is 13.8. The van der Waals surface area contributed by atoms with Crippen LogP contribution in [0.3, 0.4) is 0 Å². The van der Waals surface area contributed by atoms with E-state index in [0.717, 1.165) is 0 Å². The number of rotatable bonds is 7. The molecule has 0 amide bonds. The predicted molar refractivity (Wildman–Crippen MR) is 76.5 cm³/mol.